The third-order valence-corrected chi connectivity index (χ3v) is 16.8. The molecule has 15 atom stereocenters. The maximum Gasteiger partial charge on any atom is 0.329 e. The van der Waals surface area contributed by atoms with Crippen molar-refractivity contribution in [3.05, 3.63) is 47.6 Å². The Kier molecular flexibility index (Phi) is 26.7. The first-order valence-electron chi connectivity index (χ1n) is 28.1. The normalized spacial score (nSPS) is 36.7. The summed E-state index contributed by atoms with van der Waals surface area (Å²) in [5.41, 5.74) is 1.34. The van der Waals surface area contributed by atoms with Gasteiger partial charge in [-0.25, -0.2) is 4.79 Å². The number of halogens is 1. The number of nitrogens with zero attached hydrogens (tertiary/aromatic N) is 2. The van der Waals surface area contributed by atoms with Gasteiger partial charge >= 0.3 is 11.9 Å². The molecule has 4 fully saturated rings. The highest BCUT2D eigenvalue weighted by molar-refractivity contribution is 6.39. The van der Waals surface area contributed by atoms with Crippen molar-refractivity contribution in [3.8, 4) is 0 Å². The van der Waals surface area contributed by atoms with Crippen molar-refractivity contribution in [1.29, 1.82) is 0 Å². The van der Waals surface area contributed by atoms with E-state index in [2.05, 4.69) is 4.90 Å². The highest BCUT2D eigenvalue weighted by Crippen LogP contribution is 2.38. The second-order valence-electron chi connectivity index (χ2n) is 22.7. The number of rotatable bonds is 11. The van der Waals surface area contributed by atoms with E-state index < -0.39 is 89.8 Å². The number of carbonyl (C=O) groups excluding carboxylic acids is 6. The molecule has 0 aromatic rings. The Labute approximate surface area is 459 Å². The van der Waals surface area contributed by atoms with Crippen molar-refractivity contribution in [2.75, 3.05) is 47.5 Å². The molecule has 2 N–H and O–H groups in total. The van der Waals surface area contributed by atoms with E-state index in [1.165, 1.54) is 12.0 Å². The number of cyclic esters (lactones) is 1. The zero-order chi connectivity index (χ0) is 55.0. The Morgan fingerprint density at radius 2 is 1.54 bits per heavy atom. The second kappa shape index (κ2) is 31.3. The SMILES string of the molecule is COC1CC2CCC(C)[C@](O)(O2)C(=O)C(=O)N2CCCCC2C(=O)OC(C(C)CC2CCC(O)C(OC)C2)CC(=O)C(C)C=C(C)C(OC(=O)CCCN2CCCC2)C(OC)C(=O)C(C)CC(C)/C=C/C=C/C=C\1C.Cl. The molecule has 3 saturated heterocycles. The molecule has 5 aliphatic rings. The molecular weight excluding hydrogens is 996 g/mol. The molecule has 1 aliphatic carbocycles. The first kappa shape index (κ1) is 64.9. The largest absolute Gasteiger partial charge is 0.460 e. The standard InChI is InChI=1S/C59H92N2O14.ClH/c1-37-19-12-11-13-20-38(2)49(70-8)35-45-25-23-43(7)59(69,75-45)56(66)57(67)61-30-15-14-21-46(61)58(68)73-50(40(4)33-44-24-26-47(62)51(34-44)71-9)36-48(63)39(3)32-42(6)54(55(72-10)53(65)41(5)31-37)74-52(64)22-18-29-60-27-16-17-28-60;/h11-13,19-20,32,37,39-41,43-47,49-51,54-55,62,69H,14-18,21-31,33-36H2,1-10H3;1H/b13-11+,19-12+,38-20-,42-32?;/t37?,39?,40?,41?,43?,44?,45?,46?,47?,49?,50?,51?,54?,55?,59-;/m0./s1. The molecule has 430 valence electrons. The lowest BCUT2D eigenvalue weighted by Gasteiger charge is -2.42. The van der Waals surface area contributed by atoms with Crippen molar-refractivity contribution in [3.63, 3.8) is 0 Å². The predicted octanol–water partition coefficient (Wildman–Crippen LogP) is 8.03. The number of piperidine rings is 1. The number of likely N-dealkylation sites (tertiary alicyclic amines) is 1. The van der Waals surface area contributed by atoms with Gasteiger partial charge in [-0.2, -0.15) is 0 Å². The minimum Gasteiger partial charge on any atom is -0.460 e. The summed E-state index contributed by atoms with van der Waals surface area (Å²) in [7, 11) is 4.57. The first-order chi connectivity index (χ1) is 35.7. The minimum absolute atomic E-state index is 0. The van der Waals surface area contributed by atoms with Crippen molar-refractivity contribution >= 4 is 47.6 Å². The molecule has 17 heteroatoms. The van der Waals surface area contributed by atoms with Crippen LogP contribution in [0.3, 0.4) is 0 Å². The average Bonchev–Trinajstić information content (AvgIpc) is 3.91. The molecule has 76 heavy (non-hydrogen) atoms. The summed E-state index contributed by atoms with van der Waals surface area (Å²) in [4.78, 5) is 89.5. The molecule has 0 radical (unpaired) electrons. The van der Waals surface area contributed by atoms with Crippen molar-refractivity contribution in [1.82, 2.24) is 9.80 Å². The van der Waals surface area contributed by atoms with E-state index in [1.54, 1.807) is 41.1 Å². The van der Waals surface area contributed by atoms with Crippen LogP contribution in [0.2, 0.25) is 0 Å². The van der Waals surface area contributed by atoms with E-state index in [-0.39, 0.29) is 73.6 Å². The lowest BCUT2D eigenvalue weighted by molar-refractivity contribution is -0.265. The van der Waals surface area contributed by atoms with E-state index in [0.29, 0.717) is 76.2 Å². The van der Waals surface area contributed by atoms with E-state index in [1.807, 2.05) is 58.1 Å². The lowest BCUT2D eigenvalue weighted by atomic mass is 9.78. The number of hydrogen-bond acceptors (Lipinski definition) is 15. The highest BCUT2D eigenvalue weighted by atomic mass is 35.5. The van der Waals surface area contributed by atoms with Gasteiger partial charge in [0.15, 0.2) is 18.0 Å². The van der Waals surface area contributed by atoms with Crippen LogP contribution in [0.5, 0.6) is 0 Å². The molecule has 2 bridgehead atoms. The van der Waals surface area contributed by atoms with E-state index in [0.717, 1.165) is 38.0 Å². The number of aliphatic hydroxyl groups is 2. The van der Waals surface area contributed by atoms with E-state index >= 15 is 0 Å². The molecule has 4 aliphatic heterocycles. The number of amides is 1. The zero-order valence-electron chi connectivity index (χ0n) is 47.3. The van der Waals surface area contributed by atoms with E-state index in [4.69, 9.17) is 28.4 Å². The maximum absolute atomic E-state index is 14.6. The summed E-state index contributed by atoms with van der Waals surface area (Å²) < 4.78 is 36.1. The van der Waals surface area contributed by atoms with Gasteiger partial charge in [0.25, 0.3) is 11.7 Å². The van der Waals surface area contributed by atoms with Crippen LogP contribution in [0.25, 0.3) is 0 Å². The van der Waals surface area contributed by atoms with Crippen LogP contribution in [0, 0.1) is 35.5 Å². The van der Waals surface area contributed by atoms with E-state index in [9.17, 15) is 39.0 Å². The molecule has 5 rings (SSSR count). The van der Waals surface area contributed by atoms with Crippen molar-refractivity contribution < 1.29 is 67.4 Å². The number of carbonyl (C=O) groups is 6. The Bertz CT molecular complexity index is 2050. The van der Waals surface area contributed by atoms with Gasteiger partial charge in [0.2, 0.25) is 5.79 Å². The Balaban J connectivity index is 0.0000125. The topological polar surface area (TPSA) is 205 Å². The third kappa shape index (κ3) is 18.0. The van der Waals surface area contributed by atoms with Gasteiger partial charge in [-0.1, -0.05) is 71.1 Å². The molecule has 1 saturated carbocycles. The molecule has 14 unspecified atom stereocenters. The minimum atomic E-state index is -2.44. The quantitative estimate of drug-likeness (QED) is 0.114. The lowest BCUT2D eigenvalue weighted by Crippen LogP contribution is -2.61. The molecule has 0 spiro atoms. The molecule has 4 heterocycles. The Hall–Kier alpha value is -3.61. The summed E-state index contributed by atoms with van der Waals surface area (Å²) in [5, 5.41) is 22.6. The van der Waals surface area contributed by atoms with Gasteiger partial charge in [-0.05, 0) is 146 Å². The molecule has 0 aromatic heterocycles. The molecule has 0 aromatic carbocycles. The van der Waals surface area contributed by atoms with Crippen LogP contribution in [0.15, 0.2) is 47.6 Å². The van der Waals surface area contributed by atoms with Crippen molar-refractivity contribution in [2.24, 2.45) is 35.5 Å². The smallest absolute Gasteiger partial charge is 0.329 e. The zero-order valence-corrected chi connectivity index (χ0v) is 48.1. The summed E-state index contributed by atoms with van der Waals surface area (Å²) in [6.45, 7) is 15.7. The number of ether oxygens (including phenoxy) is 6. The molecule has 16 nitrogen and oxygen atoms in total. The number of hydrogen-bond donors (Lipinski definition) is 2. The molecular formula is C59H93ClN2O14. The summed E-state index contributed by atoms with van der Waals surface area (Å²) in [6.07, 6.45) is 14.2. The van der Waals surface area contributed by atoms with Gasteiger partial charge in [0.1, 0.15) is 17.9 Å². The number of Topliss-reactive ketones (excluding diaryl/α,β-unsaturated/α-hetero) is 3. The number of methoxy groups -OCH3 is 3. The number of fused-ring (bicyclic) bond motifs is 3. The summed E-state index contributed by atoms with van der Waals surface area (Å²) in [6, 6.07) is -1.16. The van der Waals surface area contributed by atoms with Crippen LogP contribution < -0.4 is 0 Å². The van der Waals surface area contributed by atoms with Crippen LogP contribution >= 0.6 is 12.4 Å². The van der Waals surface area contributed by atoms with Crippen LogP contribution in [-0.2, 0) is 57.2 Å². The fraction of sp³-hybridized carbons (Fsp3) is 0.763. The summed E-state index contributed by atoms with van der Waals surface area (Å²) >= 11 is 0. The Morgan fingerprint density at radius 1 is 0.829 bits per heavy atom. The van der Waals surface area contributed by atoms with Crippen LogP contribution in [0.1, 0.15) is 151 Å². The number of allylic oxidation sites excluding steroid dienone is 6. The van der Waals surface area contributed by atoms with Gasteiger partial charge in [0.05, 0.1) is 24.4 Å². The summed E-state index contributed by atoms with van der Waals surface area (Å²) in [5.74, 6) is -8.64. The second-order valence-corrected chi connectivity index (χ2v) is 22.7. The third-order valence-electron chi connectivity index (χ3n) is 16.8. The average molecular weight is 1090 g/mol. The monoisotopic (exact) mass is 1090 g/mol. The van der Waals surface area contributed by atoms with Gasteiger partial charge < -0.3 is 48.4 Å². The maximum atomic E-state index is 14.6. The fourth-order valence-electron chi connectivity index (χ4n) is 11.9. The number of esters is 2. The van der Waals surface area contributed by atoms with Gasteiger partial charge in [0, 0.05) is 64.9 Å². The van der Waals surface area contributed by atoms with Crippen LogP contribution in [-0.4, -0.2) is 157 Å². The first-order valence-corrected chi connectivity index (χ1v) is 28.1. The van der Waals surface area contributed by atoms with Gasteiger partial charge in [-0.3, -0.25) is 24.0 Å². The molecule has 1 amide bonds. The van der Waals surface area contributed by atoms with Crippen LogP contribution in [0.4, 0.5) is 0 Å². The van der Waals surface area contributed by atoms with Gasteiger partial charge in [-0.15, -0.1) is 12.4 Å². The Morgan fingerprint density at radius 3 is 2.22 bits per heavy atom. The number of aliphatic hydroxyl groups excluding tert-OH is 1. The predicted molar refractivity (Wildman–Crippen MR) is 291 cm³/mol. The fourth-order valence-corrected chi connectivity index (χ4v) is 11.9. The highest BCUT2D eigenvalue weighted by Gasteiger charge is 2.53. The van der Waals surface area contributed by atoms with Crippen molar-refractivity contribution in [2.45, 2.75) is 206 Å². The number of ketones is 3.